The average Bonchev–Trinajstić information content (AvgIpc) is 2.56. The summed E-state index contributed by atoms with van der Waals surface area (Å²) < 4.78 is 38.0. The summed E-state index contributed by atoms with van der Waals surface area (Å²) in [6.45, 7) is 0. The van der Waals surface area contributed by atoms with Crippen molar-refractivity contribution in [1.82, 2.24) is 0 Å². The van der Waals surface area contributed by atoms with E-state index in [1.165, 1.54) is 0 Å². The SMILES string of the molecule is O=C([O][SbH2])C(O)C(O)C(=O)OS(=O)(=O)OC(=O)C(O)C(O)C(=O)[O][SbH2]. The quantitative estimate of drug-likeness (QED) is 0.188. The van der Waals surface area contributed by atoms with Crippen LogP contribution in [0.25, 0.3) is 0 Å². The normalized spacial score (nSPS) is 15.9. The number of aliphatic hydroxyl groups is 4. The molecule has 0 aliphatic carbocycles. The summed E-state index contributed by atoms with van der Waals surface area (Å²) >= 11 is -0.273. The Kier molecular flexibility index (Phi) is 10.2. The van der Waals surface area contributed by atoms with Gasteiger partial charge in [-0.3, -0.25) is 0 Å². The van der Waals surface area contributed by atoms with Gasteiger partial charge in [-0.15, -0.1) is 0 Å². The number of carbonyl (C=O) groups is 4. The van der Waals surface area contributed by atoms with Gasteiger partial charge in [0.1, 0.15) is 0 Å². The van der Waals surface area contributed by atoms with Crippen LogP contribution in [0, 0.1) is 0 Å². The third-order valence-electron chi connectivity index (χ3n) is 2.16. The van der Waals surface area contributed by atoms with Gasteiger partial charge in [-0.05, 0) is 0 Å². The molecule has 0 saturated carbocycles. The van der Waals surface area contributed by atoms with E-state index in [9.17, 15) is 37.8 Å². The standard InChI is InChI=1S/C8H10O14S.2Sb.4H/c9-1(5(13)14)3(11)7(17)21-23(19,20)22-8(18)4(12)2(10)6(15)16;;;;;;/h1-4,9-12H,(H,13,14)(H,15,16);;;;;;/q;2*+1;;;;/p-2. The topological polar surface area (TPSA) is 220 Å². The number of carbonyl (C=O) groups excluding carboxylic acids is 4. The van der Waals surface area contributed by atoms with Crippen LogP contribution in [0.2, 0.25) is 0 Å². The molecule has 0 aromatic carbocycles. The van der Waals surface area contributed by atoms with Crippen LogP contribution < -0.4 is 0 Å². The fraction of sp³-hybridized carbons (Fsp3) is 0.500. The molecule has 0 bridgehead atoms. The molecule has 0 heterocycles. The molecule has 0 amide bonds. The van der Waals surface area contributed by atoms with Gasteiger partial charge in [0.15, 0.2) is 0 Å². The molecule has 0 rings (SSSR count). The van der Waals surface area contributed by atoms with Crippen LogP contribution in [0.3, 0.4) is 0 Å². The fourth-order valence-electron chi connectivity index (χ4n) is 0.972. The minimum atomic E-state index is -5.53. The first-order valence-electron chi connectivity index (χ1n) is 5.63. The molecular weight excluding hydrogens is 596 g/mol. The summed E-state index contributed by atoms with van der Waals surface area (Å²) in [6, 6.07) is 0. The van der Waals surface area contributed by atoms with E-state index in [2.05, 4.69) is 14.4 Å². The fourth-order valence-corrected chi connectivity index (χ4v) is 2.40. The van der Waals surface area contributed by atoms with Crippen molar-refractivity contribution in [3.05, 3.63) is 0 Å². The zero-order valence-electron chi connectivity index (χ0n) is 11.7. The zero-order valence-corrected chi connectivity index (χ0v) is 19.2. The van der Waals surface area contributed by atoms with E-state index in [1.807, 2.05) is 0 Å². The molecule has 0 saturated heterocycles. The van der Waals surface area contributed by atoms with E-state index in [0.717, 1.165) is 0 Å². The molecule has 0 aromatic heterocycles. The van der Waals surface area contributed by atoms with E-state index >= 15 is 0 Å². The van der Waals surface area contributed by atoms with E-state index < -0.39 is 58.7 Å². The van der Waals surface area contributed by atoms with Crippen molar-refractivity contribution < 1.29 is 62.4 Å². The van der Waals surface area contributed by atoms with Gasteiger partial charge in [0.2, 0.25) is 0 Å². The molecule has 4 unspecified atom stereocenters. The Labute approximate surface area is 167 Å². The first-order chi connectivity index (χ1) is 11.4. The van der Waals surface area contributed by atoms with Gasteiger partial charge in [0.25, 0.3) is 0 Å². The second-order valence-corrected chi connectivity index (χ2v) is 6.36. The van der Waals surface area contributed by atoms with Crippen molar-refractivity contribution in [2.24, 2.45) is 0 Å². The van der Waals surface area contributed by atoms with E-state index in [4.69, 9.17) is 10.2 Å². The Morgan fingerprint density at radius 2 is 0.880 bits per heavy atom. The first-order valence-corrected chi connectivity index (χ1v) is 9.65. The zero-order chi connectivity index (χ0) is 19.9. The molecule has 4 atom stereocenters. The molecule has 0 radical (unpaired) electrons. The van der Waals surface area contributed by atoms with Crippen LogP contribution in [0.1, 0.15) is 0 Å². The third kappa shape index (κ3) is 7.60. The van der Waals surface area contributed by atoms with Crippen molar-refractivity contribution in [3.8, 4) is 0 Å². The molecule has 25 heavy (non-hydrogen) atoms. The molecule has 144 valence electrons. The molecule has 17 heteroatoms. The van der Waals surface area contributed by atoms with Crippen molar-refractivity contribution in [1.29, 1.82) is 0 Å². The summed E-state index contributed by atoms with van der Waals surface area (Å²) in [5, 5.41) is 36.8. The molecule has 14 nitrogen and oxygen atoms in total. The summed E-state index contributed by atoms with van der Waals surface area (Å²) in [5.41, 5.74) is 0. The molecule has 0 aliphatic heterocycles. The number of hydrogen-bond acceptors (Lipinski definition) is 14. The Morgan fingerprint density at radius 3 is 1.12 bits per heavy atom. The van der Waals surface area contributed by atoms with Crippen LogP contribution in [0.15, 0.2) is 0 Å². The van der Waals surface area contributed by atoms with Gasteiger partial charge < -0.3 is 0 Å². The van der Waals surface area contributed by atoms with Crippen LogP contribution >= 0.6 is 0 Å². The maximum atomic E-state index is 11.3. The van der Waals surface area contributed by atoms with E-state index in [0.29, 0.717) is 0 Å². The molecule has 0 aliphatic rings. The molecule has 0 fully saturated rings. The Balaban J connectivity index is 4.94. The van der Waals surface area contributed by atoms with Gasteiger partial charge >= 0.3 is 168 Å². The summed E-state index contributed by atoms with van der Waals surface area (Å²) in [7, 11) is -5.53. The van der Waals surface area contributed by atoms with Gasteiger partial charge in [-0.2, -0.15) is 0 Å². The third-order valence-corrected chi connectivity index (χ3v) is 4.23. The van der Waals surface area contributed by atoms with E-state index in [1.54, 1.807) is 0 Å². The summed E-state index contributed by atoms with van der Waals surface area (Å²) in [5.74, 6) is -7.11. The van der Waals surface area contributed by atoms with Crippen molar-refractivity contribution in [3.63, 3.8) is 0 Å². The maximum absolute atomic E-state index is 11.3. The Bertz CT molecular complexity index is 583. The predicted molar refractivity (Wildman–Crippen MR) is 74.4 cm³/mol. The van der Waals surface area contributed by atoms with Crippen LogP contribution in [0.5, 0.6) is 0 Å². The van der Waals surface area contributed by atoms with Gasteiger partial charge in [-0.1, -0.05) is 0 Å². The monoisotopic (exact) mass is 606 g/mol. The van der Waals surface area contributed by atoms with Crippen molar-refractivity contribution in [2.75, 3.05) is 0 Å². The predicted octanol–water partition coefficient (Wildman–Crippen LogP) is -7.06. The van der Waals surface area contributed by atoms with E-state index in [-0.39, 0.29) is 46.9 Å². The van der Waals surface area contributed by atoms with Crippen molar-refractivity contribution in [2.45, 2.75) is 24.4 Å². The number of aliphatic hydroxyl groups excluding tert-OH is 4. The summed E-state index contributed by atoms with van der Waals surface area (Å²) in [4.78, 5) is 44.4. The van der Waals surface area contributed by atoms with Crippen LogP contribution in [0.4, 0.5) is 0 Å². The number of rotatable bonds is 8. The van der Waals surface area contributed by atoms with Gasteiger partial charge in [0.05, 0.1) is 0 Å². The molecule has 0 aromatic rings. The molecule has 4 N–H and O–H groups in total. The second kappa shape index (κ2) is 10.5. The van der Waals surface area contributed by atoms with Crippen LogP contribution in [-0.2, 0) is 44.0 Å². The van der Waals surface area contributed by atoms with Gasteiger partial charge in [0, 0.05) is 0 Å². The first kappa shape index (κ1) is 24.3. The average molecular weight is 608 g/mol. The minimum absolute atomic E-state index is 0.137. The van der Waals surface area contributed by atoms with Crippen molar-refractivity contribution >= 4 is 81.2 Å². The molecular formula is C8H12O14SSb2. The Hall–Kier alpha value is -0.694. The Morgan fingerprint density at radius 1 is 0.640 bits per heavy atom. The van der Waals surface area contributed by atoms with Crippen LogP contribution in [-0.4, -0.2) is 124 Å². The van der Waals surface area contributed by atoms with Gasteiger partial charge in [-0.25, -0.2) is 0 Å². The second-order valence-electron chi connectivity index (χ2n) is 3.87. The summed E-state index contributed by atoms with van der Waals surface area (Å²) in [6.07, 6.45) is -10.3. The number of hydrogen-bond donors (Lipinski definition) is 4. The molecule has 0 spiro atoms.